The molecule has 5 aromatic rings. The average molecular weight is 542 g/mol. The van der Waals surface area contributed by atoms with E-state index in [9.17, 15) is 10.2 Å². The van der Waals surface area contributed by atoms with Crippen molar-refractivity contribution in [3.8, 4) is 33.8 Å². The van der Waals surface area contributed by atoms with Crippen LogP contribution in [0.25, 0.3) is 22.3 Å². The van der Waals surface area contributed by atoms with Crippen molar-refractivity contribution in [3.63, 3.8) is 0 Å². The first kappa shape index (κ1) is 28.0. The number of aromatic hydroxyl groups is 2. The van der Waals surface area contributed by atoms with Crippen molar-refractivity contribution in [2.24, 2.45) is 0 Å². The number of hydrogen-bond donors (Lipinski definition) is 2. The first-order chi connectivity index (χ1) is 20.0. The maximum Gasteiger partial charge on any atom is 0.121 e. The number of rotatable bonds is 10. The Morgan fingerprint density at radius 1 is 0.561 bits per heavy atom. The van der Waals surface area contributed by atoms with E-state index in [0.29, 0.717) is 24.3 Å². The molecule has 3 nitrogen and oxygen atoms in total. The molecule has 0 unspecified atom stereocenters. The molecule has 0 bridgehead atoms. The second-order valence-electron chi connectivity index (χ2n) is 10.8. The Labute approximate surface area is 244 Å². The lowest BCUT2D eigenvalue weighted by atomic mass is 9.91. The second kappa shape index (κ2) is 12.8. The van der Waals surface area contributed by atoms with Crippen molar-refractivity contribution in [2.75, 3.05) is 18.0 Å². The fourth-order valence-electron chi connectivity index (χ4n) is 5.59. The molecule has 2 N–H and O–H groups in total. The molecule has 208 valence electrons. The lowest BCUT2D eigenvalue weighted by Gasteiger charge is -2.29. The third kappa shape index (κ3) is 6.30. The van der Waals surface area contributed by atoms with Crippen LogP contribution in [0.2, 0.25) is 0 Å². The lowest BCUT2D eigenvalue weighted by Crippen LogP contribution is -2.29. The van der Waals surface area contributed by atoms with Crippen molar-refractivity contribution in [2.45, 2.75) is 40.0 Å². The molecule has 0 aliphatic heterocycles. The third-order valence-corrected chi connectivity index (χ3v) is 8.06. The Morgan fingerprint density at radius 3 is 1.76 bits per heavy atom. The highest BCUT2D eigenvalue weighted by Gasteiger charge is 2.18. The van der Waals surface area contributed by atoms with Gasteiger partial charge in [0, 0.05) is 24.3 Å². The Morgan fingerprint density at radius 2 is 1.15 bits per heavy atom. The van der Waals surface area contributed by atoms with Crippen molar-refractivity contribution < 1.29 is 10.2 Å². The van der Waals surface area contributed by atoms with E-state index in [1.54, 1.807) is 0 Å². The van der Waals surface area contributed by atoms with Gasteiger partial charge in [0.15, 0.2) is 0 Å². The van der Waals surface area contributed by atoms with Gasteiger partial charge in [-0.05, 0) is 83.7 Å². The van der Waals surface area contributed by atoms with Crippen LogP contribution in [-0.2, 0) is 19.3 Å². The van der Waals surface area contributed by atoms with Gasteiger partial charge in [-0.1, -0.05) is 110 Å². The van der Waals surface area contributed by atoms with Gasteiger partial charge in [0.2, 0.25) is 0 Å². The highest BCUT2D eigenvalue weighted by Crippen LogP contribution is 2.39. The standard InChI is InChI=1S/C38H39NO2/c1-4-29-20-21-33(30-14-6-5-7-15-30)35(26-29)34-18-8-9-19-36(34)39(24-22-31-16-10-12-27(2)37(31)40)25-23-32-17-11-13-28(3)38(32)41/h5-21,26,40-41H,4,22-25H2,1-3H3. The van der Waals surface area contributed by atoms with Crippen LogP contribution in [0.3, 0.4) is 0 Å². The molecule has 5 rings (SSSR count). The summed E-state index contributed by atoms with van der Waals surface area (Å²) in [6.45, 7) is 7.54. The average Bonchev–Trinajstić information content (AvgIpc) is 3.01. The van der Waals surface area contributed by atoms with Gasteiger partial charge in [-0.15, -0.1) is 0 Å². The molecule has 0 heterocycles. The summed E-state index contributed by atoms with van der Waals surface area (Å²) in [4.78, 5) is 2.41. The van der Waals surface area contributed by atoms with E-state index in [0.717, 1.165) is 47.5 Å². The van der Waals surface area contributed by atoms with E-state index in [1.807, 2.05) is 50.2 Å². The lowest BCUT2D eigenvalue weighted by molar-refractivity contribution is 0.462. The summed E-state index contributed by atoms with van der Waals surface area (Å²) in [7, 11) is 0. The van der Waals surface area contributed by atoms with Crippen molar-refractivity contribution >= 4 is 5.69 Å². The van der Waals surface area contributed by atoms with E-state index in [2.05, 4.69) is 84.6 Å². The normalized spacial score (nSPS) is 11.0. The predicted octanol–water partition coefficient (Wildman–Crippen LogP) is 8.90. The third-order valence-electron chi connectivity index (χ3n) is 8.06. The van der Waals surface area contributed by atoms with E-state index in [1.165, 1.54) is 27.8 Å². The zero-order valence-electron chi connectivity index (χ0n) is 24.3. The van der Waals surface area contributed by atoms with Crippen molar-refractivity contribution in [1.29, 1.82) is 0 Å². The molecule has 0 aromatic heterocycles. The van der Waals surface area contributed by atoms with Crippen LogP contribution in [0.4, 0.5) is 5.69 Å². The Kier molecular flexibility index (Phi) is 8.74. The highest BCUT2D eigenvalue weighted by molar-refractivity contribution is 5.90. The van der Waals surface area contributed by atoms with Gasteiger partial charge in [-0.3, -0.25) is 0 Å². The topological polar surface area (TPSA) is 43.7 Å². The fraction of sp³-hybridized carbons (Fsp3) is 0.211. The number of benzene rings is 5. The van der Waals surface area contributed by atoms with Crippen LogP contribution in [0, 0.1) is 13.8 Å². The molecule has 0 atom stereocenters. The smallest absolute Gasteiger partial charge is 0.121 e. The zero-order valence-corrected chi connectivity index (χ0v) is 24.3. The summed E-state index contributed by atoms with van der Waals surface area (Å²) in [5.74, 6) is 0.748. The summed E-state index contributed by atoms with van der Waals surface area (Å²) in [5.41, 5.74) is 10.9. The molecule has 0 aliphatic carbocycles. The summed E-state index contributed by atoms with van der Waals surface area (Å²) >= 11 is 0. The number of phenols is 2. The Hall–Kier alpha value is -4.50. The van der Waals surface area contributed by atoms with Crippen LogP contribution in [-0.4, -0.2) is 23.3 Å². The van der Waals surface area contributed by atoms with E-state index < -0.39 is 0 Å². The van der Waals surface area contributed by atoms with Crippen molar-refractivity contribution in [1.82, 2.24) is 0 Å². The van der Waals surface area contributed by atoms with Gasteiger partial charge in [-0.25, -0.2) is 0 Å². The zero-order chi connectivity index (χ0) is 28.8. The molecule has 0 radical (unpaired) electrons. The van der Waals surface area contributed by atoms with Gasteiger partial charge < -0.3 is 15.1 Å². The van der Waals surface area contributed by atoms with Gasteiger partial charge >= 0.3 is 0 Å². The van der Waals surface area contributed by atoms with Crippen molar-refractivity contribution in [3.05, 3.63) is 137 Å². The van der Waals surface area contributed by atoms with E-state index in [-0.39, 0.29) is 0 Å². The molecule has 0 saturated heterocycles. The molecule has 0 amide bonds. The SMILES string of the molecule is CCc1ccc(-c2ccccc2)c(-c2ccccc2N(CCc2cccc(C)c2O)CCc2cccc(C)c2O)c1. The molecule has 41 heavy (non-hydrogen) atoms. The summed E-state index contributed by atoms with van der Waals surface area (Å²) in [5, 5.41) is 21.5. The minimum Gasteiger partial charge on any atom is -0.507 e. The number of phenolic OH excluding ortho intramolecular Hbond substituents is 2. The van der Waals surface area contributed by atoms with Crippen LogP contribution in [0.15, 0.2) is 109 Å². The fourth-order valence-corrected chi connectivity index (χ4v) is 5.59. The predicted molar refractivity (Wildman–Crippen MR) is 172 cm³/mol. The van der Waals surface area contributed by atoms with Crippen LogP contribution >= 0.6 is 0 Å². The minimum absolute atomic E-state index is 0.374. The van der Waals surface area contributed by atoms with E-state index in [4.69, 9.17) is 0 Å². The highest BCUT2D eigenvalue weighted by atomic mass is 16.3. The number of nitrogens with zero attached hydrogens (tertiary/aromatic N) is 1. The van der Waals surface area contributed by atoms with Gasteiger partial charge in [0.25, 0.3) is 0 Å². The van der Waals surface area contributed by atoms with Crippen LogP contribution in [0.5, 0.6) is 11.5 Å². The van der Waals surface area contributed by atoms with E-state index >= 15 is 0 Å². The summed E-state index contributed by atoms with van der Waals surface area (Å²) in [6, 6.07) is 38.0. The quantitative estimate of drug-likeness (QED) is 0.186. The molecule has 3 heteroatoms. The van der Waals surface area contributed by atoms with Crippen LogP contribution < -0.4 is 4.90 Å². The number of hydrogen-bond acceptors (Lipinski definition) is 3. The van der Waals surface area contributed by atoms with Gasteiger partial charge in [0.1, 0.15) is 11.5 Å². The largest absolute Gasteiger partial charge is 0.507 e. The maximum absolute atomic E-state index is 10.8. The second-order valence-corrected chi connectivity index (χ2v) is 10.8. The molecular weight excluding hydrogens is 502 g/mol. The monoisotopic (exact) mass is 541 g/mol. The van der Waals surface area contributed by atoms with Gasteiger partial charge in [-0.2, -0.15) is 0 Å². The number of aryl methyl sites for hydroxylation is 3. The van der Waals surface area contributed by atoms with Crippen LogP contribution in [0.1, 0.15) is 34.7 Å². The Balaban J connectivity index is 1.58. The summed E-state index contributed by atoms with van der Waals surface area (Å²) in [6.07, 6.45) is 2.39. The minimum atomic E-state index is 0.374. The molecule has 0 saturated carbocycles. The van der Waals surface area contributed by atoms with Gasteiger partial charge in [0.05, 0.1) is 0 Å². The molecule has 5 aromatic carbocycles. The molecular formula is C38H39NO2. The molecule has 0 fully saturated rings. The maximum atomic E-state index is 10.8. The number of para-hydroxylation sites is 3. The molecule has 0 aliphatic rings. The first-order valence-corrected chi connectivity index (χ1v) is 14.5. The molecule has 0 spiro atoms. The summed E-state index contributed by atoms with van der Waals surface area (Å²) < 4.78 is 0. The Bertz CT molecular complexity index is 1570. The first-order valence-electron chi connectivity index (χ1n) is 14.5. The number of anilines is 1.